The number of hydrogen-bond donors (Lipinski definition) is 1. The minimum atomic E-state index is -0.255. The van der Waals surface area contributed by atoms with Crippen LogP contribution in [0.4, 0.5) is 0 Å². The van der Waals surface area contributed by atoms with Gasteiger partial charge in [0.2, 0.25) is 0 Å². The Balaban J connectivity index is 1.35. The molecule has 2 aliphatic heterocycles. The molecule has 2 unspecified atom stereocenters. The summed E-state index contributed by atoms with van der Waals surface area (Å²) in [5.41, 5.74) is 0. The highest BCUT2D eigenvalue weighted by molar-refractivity contribution is 4.89. The number of rotatable bonds is 6. The molecule has 5 heteroatoms. The van der Waals surface area contributed by atoms with E-state index in [4.69, 9.17) is 18.9 Å². The van der Waals surface area contributed by atoms with Crippen molar-refractivity contribution in [2.75, 3.05) is 26.4 Å². The molecule has 3 rings (SSSR count). The fourth-order valence-corrected chi connectivity index (χ4v) is 3.35. The van der Waals surface area contributed by atoms with E-state index in [-0.39, 0.29) is 24.6 Å². The van der Waals surface area contributed by atoms with E-state index in [9.17, 15) is 5.11 Å². The summed E-state index contributed by atoms with van der Waals surface area (Å²) < 4.78 is 22.8. The molecule has 5 nitrogen and oxygen atoms in total. The average Bonchev–Trinajstić information content (AvgIpc) is 2.53. The van der Waals surface area contributed by atoms with Gasteiger partial charge in [0.25, 0.3) is 0 Å². The van der Waals surface area contributed by atoms with Gasteiger partial charge in [0.1, 0.15) is 0 Å². The van der Waals surface area contributed by atoms with E-state index < -0.39 is 0 Å². The molecular weight excluding hydrogens is 272 g/mol. The first-order valence-electron chi connectivity index (χ1n) is 8.47. The quantitative estimate of drug-likeness (QED) is 0.814. The van der Waals surface area contributed by atoms with E-state index in [0.717, 1.165) is 45.3 Å². The Hall–Kier alpha value is -0.200. The first-order valence-corrected chi connectivity index (χ1v) is 8.47. The van der Waals surface area contributed by atoms with E-state index in [1.54, 1.807) is 0 Å². The number of hydrogen-bond acceptors (Lipinski definition) is 5. The Morgan fingerprint density at radius 2 is 1.48 bits per heavy atom. The number of aliphatic hydroxyl groups excluding tert-OH is 1. The minimum Gasteiger partial charge on any atom is -0.393 e. The zero-order chi connectivity index (χ0) is 14.5. The monoisotopic (exact) mass is 300 g/mol. The third-order valence-electron chi connectivity index (χ3n) is 4.89. The second kappa shape index (κ2) is 7.88. The molecule has 21 heavy (non-hydrogen) atoms. The molecule has 1 N–H and O–H groups in total. The van der Waals surface area contributed by atoms with Crippen molar-refractivity contribution >= 4 is 0 Å². The van der Waals surface area contributed by atoms with Crippen LogP contribution in [0.2, 0.25) is 0 Å². The minimum absolute atomic E-state index is 0.0419. The van der Waals surface area contributed by atoms with E-state index >= 15 is 0 Å². The van der Waals surface area contributed by atoms with E-state index in [1.165, 1.54) is 12.8 Å². The first kappa shape index (κ1) is 15.7. The molecule has 5 atom stereocenters. The Labute approximate surface area is 126 Å². The van der Waals surface area contributed by atoms with Gasteiger partial charge in [-0.1, -0.05) is 0 Å². The van der Waals surface area contributed by atoms with Crippen LogP contribution in [0.15, 0.2) is 0 Å². The van der Waals surface area contributed by atoms with E-state index in [0.29, 0.717) is 19.1 Å². The summed E-state index contributed by atoms with van der Waals surface area (Å²) in [7, 11) is 0. The normalized spacial score (nSPS) is 40.7. The largest absolute Gasteiger partial charge is 0.393 e. The maximum absolute atomic E-state index is 9.94. The van der Waals surface area contributed by atoms with Crippen molar-refractivity contribution < 1.29 is 24.1 Å². The van der Waals surface area contributed by atoms with Crippen molar-refractivity contribution in [2.45, 2.75) is 63.6 Å². The zero-order valence-electron chi connectivity index (χ0n) is 12.7. The summed E-state index contributed by atoms with van der Waals surface area (Å²) in [5.74, 6) is 0.563. The average molecular weight is 300 g/mol. The first-order chi connectivity index (χ1) is 10.3. The van der Waals surface area contributed by atoms with Crippen LogP contribution in [-0.4, -0.2) is 50.2 Å². The maximum Gasteiger partial charge on any atom is 0.157 e. The smallest absolute Gasteiger partial charge is 0.157 e. The Kier molecular flexibility index (Phi) is 5.89. The van der Waals surface area contributed by atoms with Gasteiger partial charge in [-0.25, -0.2) is 0 Å². The molecule has 2 heterocycles. The van der Waals surface area contributed by atoms with Gasteiger partial charge in [0.15, 0.2) is 12.6 Å². The van der Waals surface area contributed by atoms with Crippen molar-refractivity contribution in [3.05, 3.63) is 0 Å². The SMILES string of the molecule is O[C@H]1C[C@H](COC2CCCCO2)[C@H]1COC1CCCCO1. The zero-order valence-corrected chi connectivity index (χ0v) is 12.7. The predicted octanol–water partition coefficient (Wildman–Crippen LogP) is 2.07. The van der Waals surface area contributed by atoms with Gasteiger partial charge >= 0.3 is 0 Å². The lowest BCUT2D eigenvalue weighted by Crippen LogP contribution is -2.47. The topological polar surface area (TPSA) is 57.2 Å². The molecule has 0 bridgehead atoms. The van der Waals surface area contributed by atoms with Crippen LogP contribution in [-0.2, 0) is 18.9 Å². The van der Waals surface area contributed by atoms with Crippen LogP contribution in [0.5, 0.6) is 0 Å². The fourth-order valence-electron chi connectivity index (χ4n) is 3.35. The molecule has 1 aliphatic carbocycles. The molecular formula is C16H28O5. The number of ether oxygens (including phenoxy) is 4. The highest BCUT2D eigenvalue weighted by atomic mass is 16.7. The lowest BCUT2D eigenvalue weighted by atomic mass is 9.72. The van der Waals surface area contributed by atoms with Crippen molar-refractivity contribution in [3.63, 3.8) is 0 Å². The van der Waals surface area contributed by atoms with Crippen LogP contribution < -0.4 is 0 Å². The Bertz CT molecular complexity index is 299. The van der Waals surface area contributed by atoms with Crippen LogP contribution in [0.1, 0.15) is 44.9 Å². The molecule has 0 aromatic heterocycles. The molecule has 0 spiro atoms. The van der Waals surface area contributed by atoms with Crippen LogP contribution >= 0.6 is 0 Å². The highest BCUT2D eigenvalue weighted by Gasteiger charge is 2.41. The summed E-state index contributed by atoms with van der Waals surface area (Å²) >= 11 is 0. The van der Waals surface area contributed by atoms with Gasteiger partial charge in [-0.2, -0.15) is 0 Å². The summed E-state index contributed by atoms with van der Waals surface area (Å²) in [4.78, 5) is 0. The maximum atomic E-state index is 9.94. The van der Waals surface area contributed by atoms with Gasteiger partial charge in [-0.15, -0.1) is 0 Å². The second-order valence-corrected chi connectivity index (χ2v) is 6.49. The van der Waals surface area contributed by atoms with E-state index in [2.05, 4.69) is 0 Å². The molecule has 0 radical (unpaired) electrons. The predicted molar refractivity (Wildman–Crippen MR) is 76.7 cm³/mol. The lowest BCUT2D eigenvalue weighted by Gasteiger charge is -2.42. The third-order valence-corrected chi connectivity index (χ3v) is 4.89. The summed E-state index contributed by atoms with van der Waals surface area (Å²) in [5, 5.41) is 9.94. The van der Waals surface area contributed by atoms with Crippen molar-refractivity contribution in [2.24, 2.45) is 11.8 Å². The molecule has 3 fully saturated rings. The highest BCUT2D eigenvalue weighted by Crippen LogP contribution is 2.36. The molecule has 122 valence electrons. The molecule has 2 saturated heterocycles. The van der Waals surface area contributed by atoms with Gasteiger partial charge in [-0.3, -0.25) is 0 Å². The number of aliphatic hydroxyl groups is 1. The summed E-state index contributed by atoms with van der Waals surface area (Å²) in [6.45, 7) is 2.85. The Morgan fingerprint density at radius 3 is 2.00 bits per heavy atom. The molecule has 1 saturated carbocycles. The standard InChI is InChI=1S/C16H28O5/c17-14-9-12(10-20-15-5-1-3-7-18-15)13(14)11-21-16-6-2-4-8-19-16/h12-17H,1-11H2/t12-,13-,14+,15?,16?/m1/s1. The molecule has 0 aromatic carbocycles. The third kappa shape index (κ3) is 4.39. The van der Waals surface area contributed by atoms with Gasteiger partial charge in [0, 0.05) is 19.1 Å². The van der Waals surface area contributed by atoms with Crippen molar-refractivity contribution in [1.82, 2.24) is 0 Å². The van der Waals surface area contributed by atoms with Gasteiger partial charge in [-0.05, 0) is 50.9 Å². The van der Waals surface area contributed by atoms with Crippen molar-refractivity contribution in [1.29, 1.82) is 0 Å². The molecule has 0 amide bonds. The lowest BCUT2D eigenvalue weighted by molar-refractivity contribution is -0.211. The summed E-state index contributed by atoms with van der Waals surface area (Å²) in [6, 6.07) is 0. The Morgan fingerprint density at radius 1 is 0.857 bits per heavy atom. The summed E-state index contributed by atoms with van der Waals surface area (Å²) in [6.07, 6.45) is 7.03. The van der Waals surface area contributed by atoms with Crippen molar-refractivity contribution in [3.8, 4) is 0 Å². The van der Waals surface area contributed by atoms with E-state index in [1.807, 2.05) is 0 Å². The second-order valence-electron chi connectivity index (χ2n) is 6.49. The molecule has 0 aromatic rings. The molecule has 3 aliphatic rings. The fraction of sp³-hybridized carbons (Fsp3) is 1.00. The van der Waals surface area contributed by atoms with Gasteiger partial charge in [0.05, 0.1) is 19.3 Å². The van der Waals surface area contributed by atoms with Crippen LogP contribution in [0, 0.1) is 11.8 Å². The van der Waals surface area contributed by atoms with Gasteiger partial charge < -0.3 is 24.1 Å². The van der Waals surface area contributed by atoms with Crippen LogP contribution in [0.3, 0.4) is 0 Å². The van der Waals surface area contributed by atoms with Crippen LogP contribution in [0.25, 0.3) is 0 Å².